The normalized spacial score (nSPS) is 15.6. The van der Waals surface area contributed by atoms with Gasteiger partial charge in [0, 0.05) is 30.8 Å². The highest BCUT2D eigenvalue weighted by Gasteiger charge is 2.17. The molecule has 3 aromatic carbocycles. The highest BCUT2D eigenvalue weighted by atomic mass is 16.3. The molecule has 0 saturated heterocycles. The van der Waals surface area contributed by atoms with Crippen molar-refractivity contribution in [1.29, 1.82) is 0 Å². The minimum atomic E-state index is -2.49. The minimum Gasteiger partial charge on any atom is -0.455 e. The van der Waals surface area contributed by atoms with Gasteiger partial charge in [-0.1, -0.05) is 63.2 Å². The minimum absolute atomic E-state index is 0.00247. The highest BCUT2D eigenvalue weighted by Crippen LogP contribution is 2.38. The number of hydrogen-bond donors (Lipinski definition) is 0. The van der Waals surface area contributed by atoms with Crippen LogP contribution >= 0.6 is 0 Å². The molecule has 0 aliphatic rings. The van der Waals surface area contributed by atoms with Crippen molar-refractivity contribution in [3.8, 4) is 22.4 Å². The summed E-state index contributed by atoms with van der Waals surface area (Å²) < 4.78 is 55.5. The van der Waals surface area contributed by atoms with Crippen LogP contribution in [-0.2, 0) is 5.41 Å². The maximum absolute atomic E-state index is 8.26. The first kappa shape index (κ1) is 14.6. The quantitative estimate of drug-likeness (QED) is 0.283. The van der Waals surface area contributed by atoms with Crippen molar-refractivity contribution in [2.24, 2.45) is 0 Å². The van der Waals surface area contributed by atoms with E-state index >= 15 is 0 Å². The van der Waals surface area contributed by atoms with Crippen LogP contribution in [0.4, 0.5) is 0 Å². The number of pyridine rings is 1. The molecule has 32 heavy (non-hydrogen) atoms. The molecule has 2 nitrogen and oxygen atoms in total. The molecule has 0 N–H and O–H groups in total. The average molecular weight is 426 g/mol. The Morgan fingerprint density at radius 3 is 2.44 bits per heavy atom. The number of aryl methyl sites for hydroxylation is 3. The number of para-hydroxylation sites is 1. The molecule has 0 atom stereocenters. The molecule has 5 rings (SSSR count). The monoisotopic (exact) mass is 425 g/mol. The fourth-order valence-electron chi connectivity index (χ4n) is 4.18. The van der Waals surface area contributed by atoms with Crippen molar-refractivity contribution < 1.29 is 12.6 Å². The summed E-state index contributed by atoms with van der Waals surface area (Å²) in [5.74, 6) is 0. The lowest BCUT2D eigenvalue weighted by molar-refractivity contribution is 0.590. The van der Waals surface area contributed by atoms with Crippen molar-refractivity contribution in [2.75, 3.05) is 0 Å². The summed E-state index contributed by atoms with van der Waals surface area (Å²) in [7, 11) is 0. The van der Waals surface area contributed by atoms with Crippen LogP contribution in [0, 0.1) is 20.6 Å². The summed E-state index contributed by atoms with van der Waals surface area (Å²) in [5, 5.41) is 1.91. The van der Waals surface area contributed by atoms with Crippen LogP contribution in [0.1, 0.15) is 51.2 Å². The first-order chi connectivity index (χ1) is 17.6. The van der Waals surface area contributed by atoms with Gasteiger partial charge in [-0.15, -0.1) is 0 Å². The summed E-state index contributed by atoms with van der Waals surface area (Å²) in [6.07, 6.45) is 1.34. The summed E-state index contributed by atoms with van der Waals surface area (Å²) in [5.41, 5.74) is 5.09. The number of hydrogen-bond acceptors (Lipinski definition) is 2. The number of rotatable bonds is 2. The second kappa shape index (κ2) is 7.34. The molecule has 5 aromatic rings. The Morgan fingerprint density at radius 2 is 1.66 bits per heavy atom. The van der Waals surface area contributed by atoms with Gasteiger partial charge in [-0.2, -0.15) is 0 Å². The van der Waals surface area contributed by atoms with Crippen LogP contribution in [-0.4, -0.2) is 4.98 Å². The average Bonchev–Trinajstić information content (AvgIpc) is 3.19. The summed E-state index contributed by atoms with van der Waals surface area (Å²) in [6, 6.07) is 18.8. The molecule has 0 aliphatic heterocycles. The van der Waals surface area contributed by atoms with E-state index in [0.717, 1.165) is 27.5 Å². The summed E-state index contributed by atoms with van der Waals surface area (Å²) >= 11 is 0. The molecule has 2 heteroatoms. The van der Waals surface area contributed by atoms with Crippen molar-refractivity contribution >= 4 is 21.9 Å². The molecule has 160 valence electrons. The van der Waals surface area contributed by atoms with Crippen LogP contribution < -0.4 is 0 Å². The van der Waals surface area contributed by atoms with Crippen molar-refractivity contribution in [1.82, 2.24) is 4.98 Å². The molecule has 0 saturated carbocycles. The summed E-state index contributed by atoms with van der Waals surface area (Å²) in [6.45, 7) is 3.11. The number of fused-ring (bicyclic) bond motifs is 3. The van der Waals surface area contributed by atoms with E-state index < -0.39 is 13.7 Å². The van der Waals surface area contributed by atoms with Gasteiger partial charge in [0.1, 0.15) is 11.2 Å². The molecule has 0 aliphatic carbocycles. The van der Waals surface area contributed by atoms with E-state index in [1.807, 2.05) is 70.2 Å². The second-order valence-corrected chi connectivity index (χ2v) is 9.41. The standard InChI is InChI=1S/C30H29NO/c1-18-10-12-23-24-8-7-9-25(29(24)32-28(23)14-18)27-16-26(20(3)17-31-27)22-13-11-21(15-19(22)2)30(4,5)6/h7-17H,1-6H3/i2D3,3D3. The van der Waals surface area contributed by atoms with Crippen molar-refractivity contribution in [2.45, 2.75) is 46.8 Å². The fourth-order valence-corrected chi connectivity index (χ4v) is 4.18. The van der Waals surface area contributed by atoms with Gasteiger partial charge in [0.2, 0.25) is 0 Å². The number of nitrogens with zero attached hydrogens (tertiary/aromatic N) is 1. The Kier molecular flexibility index (Phi) is 3.36. The predicted octanol–water partition coefficient (Wildman–Crippen LogP) is 8.54. The van der Waals surface area contributed by atoms with Crippen LogP contribution in [0.3, 0.4) is 0 Å². The third-order valence-electron chi connectivity index (χ3n) is 6.01. The Labute approximate surface area is 198 Å². The van der Waals surface area contributed by atoms with E-state index in [2.05, 4.69) is 4.98 Å². The predicted molar refractivity (Wildman–Crippen MR) is 135 cm³/mol. The molecule has 0 unspecified atom stereocenters. The van der Waals surface area contributed by atoms with Gasteiger partial charge in [0.25, 0.3) is 0 Å². The third-order valence-corrected chi connectivity index (χ3v) is 6.01. The van der Waals surface area contributed by atoms with Crippen LogP contribution in [0.5, 0.6) is 0 Å². The smallest absolute Gasteiger partial charge is 0.144 e. The maximum Gasteiger partial charge on any atom is 0.144 e. The molecule has 2 heterocycles. The van der Waals surface area contributed by atoms with Gasteiger partial charge < -0.3 is 4.42 Å². The van der Waals surface area contributed by atoms with Crippen molar-refractivity contribution in [3.63, 3.8) is 0 Å². The topological polar surface area (TPSA) is 26.0 Å². The van der Waals surface area contributed by atoms with E-state index in [0.29, 0.717) is 28.0 Å². The lowest BCUT2D eigenvalue weighted by atomic mass is 9.84. The fraction of sp³-hybridized carbons (Fsp3) is 0.233. The zero-order valence-electron chi connectivity index (χ0n) is 24.7. The Morgan fingerprint density at radius 1 is 0.812 bits per heavy atom. The van der Waals surface area contributed by atoms with E-state index in [1.165, 1.54) is 6.20 Å². The molecule has 0 spiro atoms. The molecular weight excluding hydrogens is 390 g/mol. The Hall–Kier alpha value is -3.39. The number of aromatic nitrogens is 1. The summed E-state index contributed by atoms with van der Waals surface area (Å²) in [4.78, 5) is 4.53. The molecule has 0 amide bonds. The van der Waals surface area contributed by atoms with E-state index in [9.17, 15) is 0 Å². The first-order valence-electron chi connectivity index (χ1n) is 13.7. The molecule has 0 bridgehead atoms. The molecule has 0 fully saturated rings. The van der Waals surface area contributed by atoms with E-state index in [4.69, 9.17) is 12.6 Å². The first-order valence-corrected chi connectivity index (χ1v) is 10.7. The van der Waals surface area contributed by atoms with Crippen LogP contribution in [0.15, 0.2) is 71.3 Å². The largest absolute Gasteiger partial charge is 0.455 e. The lowest BCUT2D eigenvalue weighted by Crippen LogP contribution is -2.11. The Bertz CT molecular complexity index is 1690. The molecule has 0 radical (unpaired) electrons. The van der Waals surface area contributed by atoms with Gasteiger partial charge in [-0.3, -0.25) is 4.98 Å². The van der Waals surface area contributed by atoms with Crippen LogP contribution in [0.2, 0.25) is 0 Å². The van der Waals surface area contributed by atoms with Gasteiger partial charge in [0.05, 0.1) is 5.69 Å². The van der Waals surface area contributed by atoms with Gasteiger partial charge in [0.15, 0.2) is 0 Å². The SMILES string of the molecule is [2H]C([2H])([2H])c1cnc(-c2cccc3c2oc2cc(C)ccc23)cc1-c1ccc(C(C)(C)C)cc1C([2H])([2H])[2H]. The number of benzene rings is 3. The third kappa shape index (κ3) is 3.40. The number of furan rings is 1. The van der Waals surface area contributed by atoms with Crippen LogP contribution in [0.25, 0.3) is 44.3 Å². The van der Waals surface area contributed by atoms with Gasteiger partial charge in [-0.25, -0.2) is 0 Å². The maximum atomic E-state index is 8.26. The van der Waals surface area contributed by atoms with E-state index in [-0.39, 0.29) is 16.5 Å². The van der Waals surface area contributed by atoms with Gasteiger partial charge >= 0.3 is 0 Å². The highest BCUT2D eigenvalue weighted by molar-refractivity contribution is 6.09. The van der Waals surface area contributed by atoms with E-state index in [1.54, 1.807) is 18.2 Å². The van der Waals surface area contributed by atoms with Gasteiger partial charge in [-0.05, 0) is 77.6 Å². The molecular formula is C30H29NO. The zero-order valence-corrected chi connectivity index (χ0v) is 18.7. The second-order valence-electron chi connectivity index (χ2n) is 9.41. The lowest BCUT2D eigenvalue weighted by Gasteiger charge is -2.21. The molecule has 2 aromatic heterocycles. The Balaban J connectivity index is 1.80. The zero-order chi connectivity index (χ0) is 27.6. The van der Waals surface area contributed by atoms with Crippen molar-refractivity contribution in [3.05, 3.63) is 89.1 Å².